The molecule has 2 aromatic rings. The highest BCUT2D eigenvalue weighted by molar-refractivity contribution is 6.06. The number of nitrogens with zero attached hydrogens (tertiary/aromatic N) is 2. The summed E-state index contributed by atoms with van der Waals surface area (Å²) in [5.41, 5.74) is 1.63. The topological polar surface area (TPSA) is 91.0 Å². The van der Waals surface area contributed by atoms with E-state index in [1.54, 1.807) is 6.07 Å². The lowest BCUT2D eigenvalue weighted by Gasteiger charge is -2.29. The number of piperidine rings is 1. The third-order valence-electron chi connectivity index (χ3n) is 6.45. The first-order valence-corrected chi connectivity index (χ1v) is 11.3. The summed E-state index contributed by atoms with van der Waals surface area (Å²) in [6.07, 6.45) is 0.244. The van der Waals surface area contributed by atoms with E-state index in [1.165, 1.54) is 11.0 Å². The molecule has 0 bridgehead atoms. The van der Waals surface area contributed by atoms with Gasteiger partial charge in [0.25, 0.3) is 5.91 Å². The Hall–Kier alpha value is -3.30. The lowest BCUT2D eigenvalue weighted by atomic mass is 10.0. The molecule has 2 aromatic carbocycles. The maximum absolute atomic E-state index is 14.9. The summed E-state index contributed by atoms with van der Waals surface area (Å²) < 4.78 is 45.2. The van der Waals surface area contributed by atoms with Crippen LogP contribution in [0.5, 0.6) is 0 Å². The van der Waals surface area contributed by atoms with Gasteiger partial charge in [0.15, 0.2) is 0 Å². The van der Waals surface area contributed by atoms with Crippen LogP contribution >= 0.6 is 0 Å². The molecule has 2 saturated heterocycles. The molecule has 0 radical (unpaired) electrons. The first kappa shape index (κ1) is 19.1. The second kappa shape index (κ2) is 9.52. The van der Waals surface area contributed by atoms with Crippen LogP contribution in [0.15, 0.2) is 36.3 Å². The Balaban J connectivity index is 1.36. The van der Waals surface area contributed by atoms with Crippen LogP contribution in [0.1, 0.15) is 44.0 Å². The molecular weight excluding hydrogens is 439 g/mol. The largest absolute Gasteiger partial charge is 0.381 e. The van der Waals surface area contributed by atoms with Crippen LogP contribution < -0.4 is 10.6 Å². The maximum Gasteiger partial charge on any atom is 0.255 e. The summed E-state index contributed by atoms with van der Waals surface area (Å²) >= 11 is 0. The monoisotopic (exact) mass is 469 g/mol. The van der Waals surface area contributed by atoms with E-state index in [9.17, 15) is 18.8 Å². The number of halogens is 1. The Kier molecular flexibility index (Phi) is 5.33. The predicted octanol–water partition coefficient (Wildman–Crippen LogP) is 2.03. The molecule has 178 valence electrons. The highest BCUT2D eigenvalue weighted by Crippen LogP contribution is 2.32. The number of fused-ring (bicyclic) bond motifs is 1. The Morgan fingerprint density at radius 2 is 2.03 bits per heavy atom. The minimum atomic E-state index is -0.885. The summed E-state index contributed by atoms with van der Waals surface area (Å²) in [7, 11) is 0. The van der Waals surface area contributed by atoms with Crippen LogP contribution in [0.25, 0.3) is 0 Å². The predicted molar refractivity (Wildman–Crippen MR) is 122 cm³/mol. The molecule has 8 nitrogen and oxygen atoms in total. The SMILES string of the molecule is [2H]c1c([2H])c(NCc2ccc(CN3CCOCC3)cc2F)c2c(c1[2H])C(=O)N([C@H]1CCC(=O)NC1=O)C2. The Morgan fingerprint density at radius 3 is 2.79 bits per heavy atom. The number of hydrogen-bond donors (Lipinski definition) is 2. The molecule has 2 N–H and O–H groups in total. The quantitative estimate of drug-likeness (QED) is 0.630. The van der Waals surface area contributed by atoms with Gasteiger partial charge in [0.2, 0.25) is 11.8 Å². The lowest BCUT2D eigenvalue weighted by Crippen LogP contribution is -2.52. The van der Waals surface area contributed by atoms with Gasteiger partial charge >= 0.3 is 0 Å². The van der Waals surface area contributed by atoms with E-state index in [1.807, 2.05) is 6.07 Å². The van der Waals surface area contributed by atoms with Crippen molar-refractivity contribution in [3.63, 3.8) is 0 Å². The number of benzene rings is 2. The Labute approximate surface area is 201 Å². The van der Waals surface area contributed by atoms with Crippen molar-refractivity contribution < 1.29 is 27.6 Å². The molecule has 0 aliphatic carbocycles. The normalized spacial score (nSPS) is 22.1. The fraction of sp³-hybridized carbons (Fsp3) is 0.400. The molecule has 0 aromatic heterocycles. The zero-order valence-corrected chi connectivity index (χ0v) is 18.6. The molecule has 0 saturated carbocycles. The standard InChI is InChI=1S/C25H27FN4O4/c26-20-12-16(14-29-8-10-34-11-9-29)4-5-17(20)13-27-21-3-1-2-18-19(21)15-30(25(18)33)22-6-7-23(31)28-24(22)32/h1-5,12,22,27H,6-11,13-15H2,(H,28,31,32)/t22-/m0/s1/i1D,2D,3D. The number of imide groups is 1. The number of morpholine rings is 1. The van der Waals surface area contributed by atoms with Crippen molar-refractivity contribution in [3.05, 3.63) is 64.4 Å². The molecule has 34 heavy (non-hydrogen) atoms. The van der Waals surface area contributed by atoms with Crippen LogP contribution in [0.3, 0.4) is 0 Å². The van der Waals surface area contributed by atoms with Gasteiger partial charge < -0.3 is 15.0 Å². The number of nitrogens with one attached hydrogen (secondary N) is 2. The number of carbonyl (C=O) groups is 3. The zero-order valence-electron chi connectivity index (χ0n) is 21.6. The van der Waals surface area contributed by atoms with Crippen molar-refractivity contribution in [3.8, 4) is 0 Å². The van der Waals surface area contributed by atoms with Crippen molar-refractivity contribution in [2.45, 2.75) is 38.5 Å². The van der Waals surface area contributed by atoms with Crippen molar-refractivity contribution in [1.29, 1.82) is 0 Å². The number of carbonyl (C=O) groups excluding carboxylic acids is 3. The van der Waals surface area contributed by atoms with Crippen LogP contribution in [-0.2, 0) is 34.0 Å². The van der Waals surface area contributed by atoms with Crippen molar-refractivity contribution in [1.82, 2.24) is 15.1 Å². The van der Waals surface area contributed by atoms with Gasteiger partial charge in [-0.1, -0.05) is 18.2 Å². The van der Waals surface area contributed by atoms with E-state index in [0.29, 0.717) is 30.9 Å². The van der Waals surface area contributed by atoms with Crippen LogP contribution in [0, 0.1) is 5.82 Å². The molecule has 3 heterocycles. The number of anilines is 1. The van der Waals surface area contributed by atoms with Gasteiger partial charge in [-0.2, -0.15) is 0 Å². The summed E-state index contributed by atoms with van der Waals surface area (Å²) in [5, 5.41) is 5.24. The van der Waals surface area contributed by atoms with Crippen LogP contribution in [0.2, 0.25) is 0 Å². The number of rotatable bonds is 6. The molecule has 5 rings (SSSR count). The molecule has 1 atom stereocenters. The molecule has 0 spiro atoms. The molecule has 9 heteroatoms. The number of amides is 3. The molecule has 3 aliphatic rings. The summed E-state index contributed by atoms with van der Waals surface area (Å²) in [5.74, 6) is -2.00. The van der Waals surface area contributed by atoms with E-state index in [-0.39, 0.29) is 49.3 Å². The number of ether oxygens (including phenoxy) is 1. The summed E-state index contributed by atoms with van der Waals surface area (Å²) in [4.78, 5) is 40.6. The fourth-order valence-corrected chi connectivity index (χ4v) is 4.57. The Bertz CT molecular complexity index is 1290. The molecule has 3 aliphatic heterocycles. The van der Waals surface area contributed by atoms with Gasteiger partial charge in [-0.05, 0) is 30.1 Å². The minimum absolute atomic E-state index is 0.00534. The third kappa shape index (κ3) is 4.53. The number of hydrogen-bond acceptors (Lipinski definition) is 6. The van der Waals surface area contributed by atoms with E-state index in [0.717, 1.165) is 18.7 Å². The fourth-order valence-electron chi connectivity index (χ4n) is 4.57. The Morgan fingerprint density at radius 1 is 1.21 bits per heavy atom. The highest BCUT2D eigenvalue weighted by atomic mass is 19.1. The highest BCUT2D eigenvalue weighted by Gasteiger charge is 2.39. The van der Waals surface area contributed by atoms with Crippen LogP contribution in [-0.4, -0.2) is 59.9 Å². The van der Waals surface area contributed by atoms with E-state index >= 15 is 0 Å². The lowest BCUT2D eigenvalue weighted by molar-refractivity contribution is -0.136. The summed E-state index contributed by atoms with van der Waals surface area (Å²) in [6.45, 7) is 3.46. The van der Waals surface area contributed by atoms with Crippen molar-refractivity contribution in [2.24, 2.45) is 0 Å². The third-order valence-corrected chi connectivity index (χ3v) is 6.45. The average molecular weight is 470 g/mol. The van der Waals surface area contributed by atoms with Gasteiger partial charge in [-0.25, -0.2) is 4.39 Å². The van der Waals surface area contributed by atoms with Crippen molar-refractivity contribution in [2.75, 3.05) is 31.6 Å². The molecule has 0 unspecified atom stereocenters. The van der Waals surface area contributed by atoms with E-state index in [4.69, 9.17) is 8.85 Å². The van der Waals surface area contributed by atoms with Gasteiger partial charge in [0, 0.05) is 61.5 Å². The second-order valence-corrected chi connectivity index (χ2v) is 8.67. The maximum atomic E-state index is 14.9. The van der Waals surface area contributed by atoms with Gasteiger partial charge in [0.1, 0.15) is 11.9 Å². The molecule has 2 fully saturated rings. The van der Waals surface area contributed by atoms with E-state index < -0.39 is 35.6 Å². The second-order valence-electron chi connectivity index (χ2n) is 8.67. The van der Waals surface area contributed by atoms with Gasteiger partial charge in [-0.3, -0.25) is 24.6 Å². The van der Waals surface area contributed by atoms with Crippen LogP contribution in [0.4, 0.5) is 10.1 Å². The van der Waals surface area contributed by atoms with Gasteiger partial charge in [0.05, 0.1) is 17.3 Å². The van der Waals surface area contributed by atoms with E-state index in [2.05, 4.69) is 15.5 Å². The average Bonchev–Trinajstić information content (AvgIpc) is 3.21. The first-order valence-electron chi connectivity index (χ1n) is 12.8. The molecular formula is C25H27FN4O4. The minimum Gasteiger partial charge on any atom is -0.381 e. The first-order chi connectivity index (χ1) is 17.7. The molecule has 3 amide bonds. The van der Waals surface area contributed by atoms with Gasteiger partial charge in [-0.15, -0.1) is 0 Å². The summed E-state index contributed by atoms with van der Waals surface area (Å²) in [6, 6.07) is 3.03. The smallest absolute Gasteiger partial charge is 0.255 e. The zero-order chi connectivity index (χ0) is 26.3. The van der Waals surface area contributed by atoms with Crippen molar-refractivity contribution >= 4 is 23.4 Å².